The fourth-order valence-corrected chi connectivity index (χ4v) is 3.69. The summed E-state index contributed by atoms with van der Waals surface area (Å²) in [6.45, 7) is 6.96. The molecule has 17 heavy (non-hydrogen) atoms. The zero-order chi connectivity index (χ0) is 12.6. The molecular weight excluding hydrogens is 248 g/mol. The fraction of sp³-hybridized carbons (Fsp3) is 0.286. The second-order valence-electron chi connectivity index (χ2n) is 5.29. The lowest BCUT2D eigenvalue weighted by Gasteiger charge is -2.21. The highest BCUT2D eigenvalue weighted by atomic mass is 35.5. The summed E-state index contributed by atoms with van der Waals surface area (Å²) in [4.78, 5) is 0. The van der Waals surface area contributed by atoms with Crippen LogP contribution in [0.4, 0.5) is 0 Å². The molecule has 3 heteroatoms. The van der Waals surface area contributed by atoms with Gasteiger partial charge in [0.15, 0.2) is 0 Å². The van der Waals surface area contributed by atoms with E-state index in [1.165, 1.54) is 16.0 Å². The van der Waals surface area contributed by atoms with Crippen molar-refractivity contribution in [2.24, 2.45) is 0 Å². The van der Waals surface area contributed by atoms with E-state index in [-0.39, 0.29) is 0 Å². The molecule has 90 valence electrons. The topological polar surface area (TPSA) is 9.23 Å². The molecule has 0 unspecified atom stereocenters. The van der Waals surface area contributed by atoms with E-state index in [4.69, 9.17) is 16.3 Å². The molecule has 1 nitrogen and oxygen atoms in total. The van der Waals surface area contributed by atoms with E-state index in [1.54, 1.807) is 7.11 Å². The molecule has 0 fully saturated rings. The van der Waals surface area contributed by atoms with Crippen LogP contribution in [0.15, 0.2) is 30.3 Å². The van der Waals surface area contributed by atoms with Gasteiger partial charge in [-0.2, -0.15) is 0 Å². The van der Waals surface area contributed by atoms with Crippen LogP contribution < -0.4 is 9.92 Å². The first kappa shape index (κ1) is 12.5. The summed E-state index contributed by atoms with van der Waals surface area (Å²) in [6, 6.07) is 10.3. The third kappa shape index (κ3) is 2.48. The maximum Gasteiger partial charge on any atom is 0.118 e. The van der Waals surface area contributed by atoms with Gasteiger partial charge in [0.1, 0.15) is 5.75 Å². The van der Waals surface area contributed by atoms with E-state index >= 15 is 0 Å². The van der Waals surface area contributed by atoms with E-state index in [0.717, 1.165) is 10.8 Å². The summed E-state index contributed by atoms with van der Waals surface area (Å²) < 4.78 is 5.51. The molecule has 0 amide bonds. The van der Waals surface area contributed by atoms with Gasteiger partial charge in [-0.25, -0.2) is 0 Å². The van der Waals surface area contributed by atoms with Crippen LogP contribution in [-0.4, -0.2) is 15.2 Å². The van der Waals surface area contributed by atoms with Crippen molar-refractivity contribution < 1.29 is 4.74 Å². The van der Waals surface area contributed by atoms with Crippen molar-refractivity contribution in [2.45, 2.75) is 19.6 Å². The molecule has 0 aliphatic carbocycles. The van der Waals surface area contributed by atoms with Crippen LogP contribution in [0.25, 0.3) is 10.8 Å². The van der Waals surface area contributed by atoms with Crippen molar-refractivity contribution in [1.82, 2.24) is 0 Å². The first-order valence-electron chi connectivity index (χ1n) is 5.69. The largest absolute Gasteiger partial charge is 0.497 e. The molecule has 0 aliphatic rings. The fourth-order valence-electron chi connectivity index (χ4n) is 2.00. The van der Waals surface area contributed by atoms with Crippen molar-refractivity contribution in [3.05, 3.63) is 35.4 Å². The summed E-state index contributed by atoms with van der Waals surface area (Å²) in [7, 11) is 0.335. The second-order valence-corrected chi connectivity index (χ2v) is 10.8. The molecule has 0 radical (unpaired) electrons. The lowest BCUT2D eigenvalue weighted by atomic mass is 10.1. The van der Waals surface area contributed by atoms with E-state index < -0.39 is 8.07 Å². The number of methoxy groups -OCH3 is 1. The van der Waals surface area contributed by atoms with E-state index in [1.807, 2.05) is 18.2 Å². The highest BCUT2D eigenvalue weighted by Gasteiger charge is 2.21. The Kier molecular flexibility index (Phi) is 3.19. The molecule has 0 atom stereocenters. The van der Waals surface area contributed by atoms with Crippen molar-refractivity contribution in [2.75, 3.05) is 7.11 Å². The summed E-state index contributed by atoms with van der Waals surface area (Å²) in [5.41, 5.74) is 0. The van der Waals surface area contributed by atoms with E-state index in [0.29, 0.717) is 0 Å². The Bertz CT molecular complexity index is 558. The normalized spacial score (nSPS) is 11.8. The molecule has 0 saturated carbocycles. The van der Waals surface area contributed by atoms with Crippen LogP contribution in [-0.2, 0) is 0 Å². The Morgan fingerprint density at radius 3 is 2.29 bits per heavy atom. The van der Waals surface area contributed by atoms with Crippen LogP contribution in [0.3, 0.4) is 0 Å². The monoisotopic (exact) mass is 264 g/mol. The third-order valence-electron chi connectivity index (χ3n) is 2.93. The first-order chi connectivity index (χ1) is 7.91. The minimum Gasteiger partial charge on any atom is -0.497 e. The lowest BCUT2D eigenvalue weighted by Crippen LogP contribution is -2.38. The smallest absolute Gasteiger partial charge is 0.118 e. The molecule has 0 N–H and O–H groups in total. The Hall–Kier alpha value is -0.993. The van der Waals surface area contributed by atoms with Crippen LogP contribution in [0, 0.1) is 0 Å². The Labute approximate surface area is 108 Å². The van der Waals surface area contributed by atoms with Crippen molar-refractivity contribution in [3.63, 3.8) is 0 Å². The molecule has 2 aromatic rings. The summed E-state index contributed by atoms with van der Waals surface area (Å²) in [5, 5.41) is 4.49. The highest BCUT2D eigenvalue weighted by Crippen LogP contribution is 2.24. The average molecular weight is 265 g/mol. The van der Waals surface area contributed by atoms with E-state index in [2.05, 4.69) is 31.8 Å². The van der Waals surface area contributed by atoms with Gasteiger partial charge in [0, 0.05) is 5.02 Å². The minimum atomic E-state index is -1.40. The molecule has 2 rings (SSSR count). The lowest BCUT2D eigenvalue weighted by molar-refractivity contribution is 0.418. The second kappa shape index (κ2) is 4.35. The number of ether oxygens (including phenoxy) is 1. The van der Waals surface area contributed by atoms with Gasteiger partial charge in [-0.15, -0.1) is 0 Å². The number of hydrogen-bond acceptors (Lipinski definition) is 1. The van der Waals surface area contributed by atoms with Gasteiger partial charge in [-0.05, 0) is 34.2 Å². The predicted octanol–water partition coefficient (Wildman–Crippen LogP) is 4.05. The van der Waals surface area contributed by atoms with Gasteiger partial charge >= 0.3 is 0 Å². The molecule has 0 spiro atoms. The maximum absolute atomic E-state index is 6.04. The van der Waals surface area contributed by atoms with Crippen LogP contribution in [0.5, 0.6) is 5.75 Å². The zero-order valence-electron chi connectivity index (χ0n) is 10.7. The van der Waals surface area contributed by atoms with Gasteiger partial charge in [-0.1, -0.05) is 43.4 Å². The molecule has 0 aromatic heterocycles. The number of halogens is 1. The highest BCUT2D eigenvalue weighted by molar-refractivity contribution is 6.89. The summed E-state index contributed by atoms with van der Waals surface area (Å²) >= 11 is 6.04. The first-order valence-corrected chi connectivity index (χ1v) is 9.57. The SMILES string of the molecule is COc1cc2ccc(Cl)cc2cc1[Si](C)(C)C. The van der Waals surface area contributed by atoms with Crippen molar-refractivity contribution in [1.29, 1.82) is 0 Å². The quantitative estimate of drug-likeness (QED) is 0.744. The number of rotatable bonds is 2. The van der Waals surface area contributed by atoms with Crippen molar-refractivity contribution >= 4 is 35.6 Å². The van der Waals surface area contributed by atoms with Crippen LogP contribution >= 0.6 is 11.6 Å². The Morgan fingerprint density at radius 2 is 1.71 bits per heavy atom. The van der Waals surface area contributed by atoms with Gasteiger partial charge in [0.05, 0.1) is 15.2 Å². The van der Waals surface area contributed by atoms with Gasteiger partial charge in [0.2, 0.25) is 0 Å². The van der Waals surface area contributed by atoms with Gasteiger partial charge in [0.25, 0.3) is 0 Å². The average Bonchev–Trinajstić information content (AvgIpc) is 2.26. The summed E-state index contributed by atoms with van der Waals surface area (Å²) in [6.07, 6.45) is 0. The molecule has 0 saturated heterocycles. The summed E-state index contributed by atoms with van der Waals surface area (Å²) in [5.74, 6) is 0.999. The molecule has 0 bridgehead atoms. The Balaban J connectivity index is 2.74. The number of hydrogen-bond donors (Lipinski definition) is 0. The number of benzene rings is 2. The Morgan fingerprint density at radius 1 is 1.00 bits per heavy atom. The molecule has 0 heterocycles. The zero-order valence-corrected chi connectivity index (χ0v) is 12.4. The van der Waals surface area contributed by atoms with E-state index in [9.17, 15) is 0 Å². The predicted molar refractivity (Wildman–Crippen MR) is 78.5 cm³/mol. The maximum atomic E-state index is 6.04. The third-order valence-corrected chi connectivity index (χ3v) is 5.17. The van der Waals surface area contributed by atoms with Crippen LogP contribution in [0.1, 0.15) is 0 Å². The van der Waals surface area contributed by atoms with Gasteiger partial charge in [-0.3, -0.25) is 0 Å². The standard InChI is InChI=1S/C14H17ClOSi/c1-16-13-8-10-5-6-12(15)7-11(10)9-14(13)17(2,3)4/h5-9H,1-4H3. The van der Waals surface area contributed by atoms with Gasteiger partial charge < -0.3 is 4.74 Å². The minimum absolute atomic E-state index is 0.782. The number of fused-ring (bicyclic) bond motifs is 1. The van der Waals surface area contributed by atoms with Crippen LogP contribution in [0.2, 0.25) is 24.7 Å². The van der Waals surface area contributed by atoms with Crippen molar-refractivity contribution in [3.8, 4) is 5.75 Å². The molecule has 0 aliphatic heterocycles. The molecular formula is C14H17ClOSi. The molecule has 2 aromatic carbocycles.